The van der Waals surface area contributed by atoms with Crippen LogP contribution in [0.1, 0.15) is 24.6 Å². The molecule has 0 bridgehead atoms. The first-order valence-corrected chi connectivity index (χ1v) is 8.28. The topological polar surface area (TPSA) is 45.6 Å². The Morgan fingerprint density at radius 1 is 1.42 bits per heavy atom. The van der Waals surface area contributed by atoms with Crippen LogP contribution in [-0.2, 0) is 0 Å². The van der Waals surface area contributed by atoms with Gasteiger partial charge in [-0.05, 0) is 70.9 Å². The highest BCUT2D eigenvalue weighted by Gasteiger charge is 2.21. The van der Waals surface area contributed by atoms with Crippen molar-refractivity contribution in [2.45, 2.75) is 18.9 Å². The lowest BCUT2D eigenvalue weighted by Gasteiger charge is -2.27. The zero-order valence-corrected chi connectivity index (χ0v) is 14.4. The van der Waals surface area contributed by atoms with Crippen molar-refractivity contribution in [2.24, 2.45) is 5.73 Å². The van der Waals surface area contributed by atoms with Gasteiger partial charge in [0.2, 0.25) is 0 Å². The molecule has 4 nitrogen and oxygen atoms in total. The summed E-state index contributed by atoms with van der Waals surface area (Å²) < 4.78 is 7.36. The van der Waals surface area contributed by atoms with Crippen molar-refractivity contribution < 1.29 is 4.42 Å². The van der Waals surface area contributed by atoms with Crippen LogP contribution in [0.5, 0.6) is 0 Å². The van der Waals surface area contributed by atoms with Gasteiger partial charge >= 0.3 is 0 Å². The van der Waals surface area contributed by atoms with Crippen LogP contribution in [-0.4, -0.2) is 49.6 Å². The Bertz CT molecular complexity index is 385. The Labute approximate surface area is 131 Å². The molecule has 0 aliphatic carbocycles. The molecule has 0 saturated carbocycles. The lowest BCUT2D eigenvalue weighted by molar-refractivity contribution is 0.190. The SMILES string of the molecule is CN(CCN1CCCC1)C(CN)c1cc(Br)c(Br)o1. The van der Waals surface area contributed by atoms with Gasteiger partial charge in [0.25, 0.3) is 0 Å². The van der Waals surface area contributed by atoms with E-state index in [1.165, 1.54) is 25.9 Å². The molecular formula is C13H21Br2N3O. The maximum Gasteiger partial charge on any atom is 0.183 e. The highest BCUT2D eigenvalue weighted by Crippen LogP contribution is 2.31. The van der Waals surface area contributed by atoms with Crippen LogP contribution >= 0.6 is 31.9 Å². The van der Waals surface area contributed by atoms with Crippen LogP contribution in [0.15, 0.2) is 19.6 Å². The molecule has 0 radical (unpaired) electrons. The largest absolute Gasteiger partial charge is 0.451 e. The standard InChI is InChI=1S/C13H21Br2N3O/c1-17(6-7-18-4-2-3-5-18)11(9-16)12-8-10(14)13(15)19-12/h8,11H,2-7,9,16H2,1H3. The number of rotatable bonds is 6. The fraction of sp³-hybridized carbons (Fsp3) is 0.692. The fourth-order valence-electron chi connectivity index (χ4n) is 2.50. The summed E-state index contributed by atoms with van der Waals surface area (Å²) in [6.45, 7) is 5.15. The molecule has 2 heterocycles. The smallest absolute Gasteiger partial charge is 0.183 e. The molecule has 1 fully saturated rings. The summed E-state index contributed by atoms with van der Waals surface area (Å²) >= 11 is 6.82. The van der Waals surface area contributed by atoms with Gasteiger partial charge in [-0.1, -0.05) is 0 Å². The van der Waals surface area contributed by atoms with E-state index >= 15 is 0 Å². The van der Waals surface area contributed by atoms with Crippen LogP contribution in [0.3, 0.4) is 0 Å². The number of likely N-dealkylation sites (N-methyl/N-ethyl adjacent to an activating group) is 1. The van der Waals surface area contributed by atoms with Crippen molar-refractivity contribution in [2.75, 3.05) is 39.8 Å². The molecule has 0 amide bonds. The van der Waals surface area contributed by atoms with Gasteiger partial charge in [0.05, 0.1) is 10.5 Å². The highest BCUT2D eigenvalue weighted by atomic mass is 79.9. The number of nitrogens with two attached hydrogens (primary N) is 1. The first kappa shape index (κ1) is 15.5. The van der Waals surface area contributed by atoms with Gasteiger partial charge in [-0.25, -0.2) is 0 Å². The minimum atomic E-state index is 0.130. The predicted octanol–water partition coefficient (Wildman–Crippen LogP) is 2.83. The lowest BCUT2D eigenvalue weighted by Crippen LogP contribution is -2.36. The van der Waals surface area contributed by atoms with E-state index in [1.807, 2.05) is 6.07 Å². The third-order valence-corrected chi connectivity index (χ3v) is 5.43. The zero-order valence-electron chi connectivity index (χ0n) is 11.2. The molecule has 1 unspecified atom stereocenters. The van der Waals surface area contributed by atoms with Crippen LogP contribution in [0, 0.1) is 0 Å². The number of hydrogen-bond donors (Lipinski definition) is 1. The molecule has 1 aromatic rings. The van der Waals surface area contributed by atoms with Crippen molar-refractivity contribution >= 4 is 31.9 Å². The molecule has 2 N–H and O–H groups in total. The molecular weight excluding hydrogens is 374 g/mol. The second kappa shape index (κ2) is 7.22. The van der Waals surface area contributed by atoms with Gasteiger partial charge in [-0.15, -0.1) is 0 Å². The van der Waals surface area contributed by atoms with Crippen LogP contribution in [0.2, 0.25) is 0 Å². The quantitative estimate of drug-likeness (QED) is 0.805. The van der Waals surface area contributed by atoms with Crippen molar-refractivity contribution in [3.63, 3.8) is 0 Å². The molecule has 2 rings (SSSR count). The average Bonchev–Trinajstić information content (AvgIpc) is 2.99. The molecule has 1 atom stereocenters. The maximum absolute atomic E-state index is 5.90. The predicted molar refractivity (Wildman–Crippen MR) is 84.2 cm³/mol. The van der Waals surface area contributed by atoms with E-state index in [0.717, 1.165) is 28.0 Å². The van der Waals surface area contributed by atoms with E-state index in [9.17, 15) is 0 Å². The van der Waals surface area contributed by atoms with E-state index in [-0.39, 0.29) is 6.04 Å². The minimum absolute atomic E-state index is 0.130. The Hall–Kier alpha value is 0.120. The van der Waals surface area contributed by atoms with Gasteiger partial charge < -0.3 is 15.1 Å². The first-order valence-electron chi connectivity index (χ1n) is 6.69. The molecule has 1 aliphatic heterocycles. The van der Waals surface area contributed by atoms with E-state index in [1.54, 1.807) is 0 Å². The van der Waals surface area contributed by atoms with Crippen molar-refractivity contribution in [1.29, 1.82) is 0 Å². The summed E-state index contributed by atoms with van der Waals surface area (Å²) in [6, 6.07) is 2.12. The number of furan rings is 1. The van der Waals surface area contributed by atoms with Gasteiger partial charge in [-0.2, -0.15) is 0 Å². The molecule has 108 valence electrons. The van der Waals surface area contributed by atoms with Crippen LogP contribution in [0.4, 0.5) is 0 Å². The summed E-state index contributed by atoms with van der Waals surface area (Å²) in [5.41, 5.74) is 5.90. The van der Waals surface area contributed by atoms with E-state index in [0.29, 0.717) is 6.54 Å². The maximum atomic E-state index is 5.90. The fourth-order valence-corrected chi connectivity index (χ4v) is 3.11. The number of halogens is 2. The van der Waals surface area contributed by atoms with Crippen molar-refractivity contribution in [1.82, 2.24) is 9.80 Å². The molecule has 0 spiro atoms. The van der Waals surface area contributed by atoms with E-state index in [4.69, 9.17) is 10.2 Å². The second-order valence-corrected chi connectivity index (χ2v) is 6.63. The van der Waals surface area contributed by atoms with E-state index < -0.39 is 0 Å². The molecule has 1 saturated heterocycles. The molecule has 0 aromatic carbocycles. The third-order valence-electron chi connectivity index (χ3n) is 3.72. The summed E-state index contributed by atoms with van der Waals surface area (Å²) in [5, 5.41) is 0. The Kier molecular flexibility index (Phi) is 5.89. The summed E-state index contributed by atoms with van der Waals surface area (Å²) in [4.78, 5) is 4.79. The first-order chi connectivity index (χ1) is 9.11. The summed E-state index contributed by atoms with van der Waals surface area (Å²) in [5.74, 6) is 0.908. The monoisotopic (exact) mass is 393 g/mol. The Morgan fingerprint density at radius 2 is 2.11 bits per heavy atom. The molecule has 1 aliphatic rings. The zero-order chi connectivity index (χ0) is 13.8. The van der Waals surface area contributed by atoms with Crippen molar-refractivity contribution in [3.8, 4) is 0 Å². The van der Waals surface area contributed by atoms with Crippen LogP contribution in [0.25, 0.3) is 0 Å². The van der Waals surface area contributed by atoms with Gasteiger partial charge in [0.1, 0.15) is 5.76 Å². The molecule has 6 heteroatoms. The lowest BCUT2D eigenvalue weighted by atomic mass is 10.2. The van der Waals surface area contributed by atoms with Gasteiger partial charge in [0.15, 0.2) is 4.67 Å². The average molecular weight is 395 g/mol. The Morgan fingerprint density at radius 3 is 2.63 bits per heavy atom. The molecule has 1 aromatic heterocycles. The summed E-state index contributed by atoms with van der Waals surface area (Å²) in [7, 11) is 2.11. The number of hydrogen-bond acceptors (Lipinski definition) is 4. The number of nitrogens with zero attached hydrogens (tertiary/aromatic N) is 2. The van der Waals surface area contributed by atoms with Crippen molar-refractivity contribution in [3.05, 3.63) is 21.0 Å². The minimum Gasteiger partial charge on any atom is -0.451 e. The van der Waals surface area contributed by atoms with Gasteiger partial charge in [-0.3, -0.25) is 4.90 Å². The normalized spacial score (nSPS) is 18.4. The second-order valence-electron chi connectivity index (χ2n) is 5.05. The summed E-state index contributed by atoms with van der Waals surface area (Å²) in [6.07, 6.45) is 2.67. The van der Waals surface area contributed by atoms with E-state index in [2.05, 4.69) is 48.7 Å². The number of likely N-dealkylation sites (tertiary alicyclic amines) is 1. The molecule has 19 heavy (non-hydrogen) atoms. The highest BCUT2D eigenvalue weighted by molar-refractivity contribution is 9.13. The van der Waals surface area contributed by atoms with Crippen LogP contribution < -0.4 is 5.73 Å². The van der Waals surface area contributed by atoms with Gasteiger partial charge in [0, 0.05) is 19.6 Å². The third kappa shape index (κ3) is 4.04. The Balaban J connectivity index is 1.92.